The van der Waals surface area contributed by atoms with Crippen molar-refractivity contribution in [2.45, 2.75) is 63.5 Å². The molecule has 2 saturated carbocycles. The highest BCUT2D eigenvalue weighted by atomic mass is 15.3. The van der Waals surface area contributed by atoms with Gasteiger partial charge in [-0.3, -0.25) is 10.2 Å². The highest BCUT2D eigenvalue weighted by Gasteiger charge is 2.45. The average molecular weight is 336 g/mol. The van der Waals surface area contributed by atoms with Gasteiger partial charge in [0.05, 0.1) is 0 Å². The Morgan fingerprint density at radius 2 is 1.50 bits per heavy atom. The van der Waals surface area contributed by atoms with Gasteiger partial charge in [-0.2, -0.15) is 0 Å². The molecule has 5 nitrogen and oxygen atoms in total. The van der Waals surface area contributed by atoms with Crippen LogP contribution in [0.15, 0.2) is 0 Å². The second-order valence-electron chi connectivity index (χ2n) is 9.48. The summed E-state index contributed by atoms with van der Waals surface area (Å²) in [4.78, 5) is 5.06. The van der Waals surface area contributed by atoms with E-state index >= 15 is 0 Å². The highest BCUT2D eigenvalue weighted by molar-refractivity contribution is 5.00. The number of piperidine rings is 2. The molecule has 0 aromatic carbocycles. The fourth-order valence-electron chi connectivity index (χ4n) is 5.71. The van der Waals surface area contributed by atoms with Gasteiger partial charge in [-0.15, -0.1) is 0 Å². The third-order valence-electron chi connectivity index (χ3n) is 7.56. The number of rotatable bonds is 5. The van der Waals surface area contributed by atoms with E-state index in [1.165, 1.54) is 77.5 Å². The predicted octanol–water partition coefficient (Wildman–Crippen LogP) is 1.16. The van der Waals surface area contributed by atoms with Crippen molar-refractivity contribution in [3.05, 3.63) is 0 Å². The van der Waals surface area contributed by atoms with Crippen LogP contribution in [0.5, 0.6) is 0 Å². The van der Waals surface area contributed by atoms with Gasteiger partial charge < -0.3 is 16.0 Å². The van der Waals surface area contributed by atoms with Gasteiger partial charge >= 0.3 is 0 Å². The molecule has 2 aliphatic heterocycles. The van der Waals surface area contributed by atoms with Crippen LogP contribution in [0.25, 0.3) is 0 Å². The lowest BCUT2D eigenvalue weighted by molar-refractivity contribution is 0.00824. The SMILES string of the molecule is CN1CCC2(CC1)CC(NCNCN1CCC3(CC1)CC(N)C3)C2. The summed E-state index contributed by atoms with van der Waals surface area (Å²) in [7, 11) is 2.26. The summed E-state index contributed by atoms with van der Waals surface area (Å²) in [6, 6.07) is 1.25. The lowest BCUT2D eigenvalue weighted by Gasteiger charge is -2.52. The van der Waals surface area contributed by atoms with Crippen molar-refractivity contribution >= 4 is 0 Å². The summed E-state index contributed by atoms with van der Waals surface area (Å²) >= 11 is 0. The molecule has 0 bridgehead atoms. The van der Waals surface area contributed by atoms with Crippen LogP contribution in [0.2, 0.25) is 0 Å². The number of hydrogen-bond acceptors (Lipinski definition) is 5. The van der Waals surface area contributed by atoms with Crippen molar-refractivity contribution in [2.75, 3.05) is 46.6 Å². The fourth-order valence-corrected chi connectivity index (χ4v) is 5.71. The van der Waals surface area contributed by atoms with E-state index in [0.29, 0.717) is 16.9 Å². The van der Waals surface area contributed by atoms with E-state index in [1.807, 2.05) is 0 Å². The molecule has 138 valence electrons. The zero-order valence-electron chi connectivity index (χ0n) is 15.5. The van der Waals surface area contributed by atoms with E-state index < -0.39 is 0 Å². The van der Waals surface area contributed by atoms with E-state index in [9.17, 15) is 0 Å². The molecule has 2 aliphatic carbocycles. The first-order valence-electron chi connectivity index (χ1n) is 10.2. The third kappa shape index (κ3) is 3.65. The first kappa shape index (κ1) is 17.2. The molecular weight excluding hydrogens is 298 g/mol. The van der Waals surface area contributed by atoms with Crippen LogP contribution in [0.4, 0.5) is 0 Å². The molecular formula is C19H37N5. The van der Waals surface area contributed by atoms with E-state index in [-0.39, 0.29) is 0 Å². The monoisotopic (exact) mass is 335 g/mol. The summed E-state index contributed by atoms with van der Waals surface area (Å²) in [6.45, 7) is 7.10. The predicted molar refractivity (Wildman–Crippen MR) is 98.6 cm³/mol. The van der Waals surface area contributed by atoms with Crippen molar-refractivity contribution in [3.8, 4) is 0 Å². The topological polar surface area (TPSA) is 56.6 Å². The Hall–Kier alpha value is -0.200. The molecule has 0 amide bonds. The molecule has 0 atom stereocenters. The van der Waals surface area contributed by atoms with Gasteiger partial charge in [0.2, 0.25) is 0 Å². The van der Waals surface area contributed by atoms with Gasteiger partial charge in [0.1, 0.15) is 0 Å². The first-order valence-corrected chi connectivity index (χ1v) is 10.2. The average Bonchev–Trinajstić information content (AvgIpc) is 2.52. The van der Waals surface area contributed by atoms with Gasteiger partial charge in [-0.05, 0) is 95.4 Å². The standard InChI is InChI=1S/C19H37N5/c1-23-6-2-19(3-7-23)12-17(13-19)22-14-21-15-24-8-4-18(5-9-24)10-16(20)11-18/h16-17,21-22H,2-15,20H2,1H3. The van der Waals surface area contributed by atoms with Crippen LogP contribution < -0.4 is 16.4 Å². The van der Waals surface area contributed by atoms with Crippen LogP contribution in [0, 0.1) is 10.8 Å². The molecule has 4 rings (SSSR count). The fraction of sp³-hybridized carbons (Fsp3) is 1.00. The molecule has 0 aromatic heterocycles. The van der Waals surface area contributed by atoms with Crippen LogP contribution in [0.3, 0.4) is 0 Å². The minimum atomic E-state index is 0.495. The summed E-state index contributed by atoms with van der Waals surface area (Å²) in [5.74, 6) is 0. The van der Waals surface area contributed by atoms with Gasteiger partial charge in [-0.1, -0.05) is 0 Å². The lowest BCUT2D eigenvalue weighted by atomic mass is 9.60. The molecule has 2 spiro atoms. The molecule has 4 fully saturated rings. The summed E-state index contributed by atoms with van der Waals surface area (Å²) in [6.07, 6.45) is 10.9. The molecule has 0 radical (unpaired) electrons. The molecule has 4 N–H and O–H groups in total. The molecule has 5 heteroatoms. The quantitative estimate of drug-likeness (QED) is 0.520. The molecule has 0 aromatic rings. The largest absolute Gasteiger partial charge is 0.328 e. The Bertz CT molecular complexity index is 407. The maximum atomic E-state index is 5.99. The second kappa shape index (κ2) is 6.84. The van der Waals surface area contributed by atoms with Crippen LogP contribution in [-0.4, -0.2) is 68.4 Å². The van der Waals surface area contributed by atoms with Gasteiger partial charge in [0.15, 0.2) is 0 Å². The van der Waals surface area contributed by atoms with Crippen molar-refractivity contribution < 1.29 is 0 Å². The van der Waals surface area contributed by atoms with Crippen LogP contribution >= 0.6 is 0 Å². The van der Waals surface area contributed by atoms with Crippen LogP contribution in [-0.2, 0) is 0 Å². The van der Waals surface area contributed by atoms with Crippen molar-refractivity contribution in [2.24, 2.45) is 16.6 Å². The summed E-state index contributed by atoms with van der Waals surface area (Å²) in [5, 5.41) is 7.32. The second-order valence-corrected chi connectivity index (χ2v) is 9.48. The van der Waals surface area contributed by atoms with Crippen molar-refractivity contribution in [3.63, 3.8) is 0 Å². The zero-order chi connectivity index (χ0) is 16.6. The van der Waals surface area contributed by atoms with E-state index in [2.05, 4.69) is 27.5 Å². The van der Waals surface area contributed by atoms with Gasteiger partial charge in [-0.25, -0.2) is 0 Å². The van der Waals surface area contributed by atoms with Gasteiger partial charge in [0.25, 0.3) is 0 Å². The third-order valence-corrected chi connectivity index (χ3v) is 7.56. The van der Waals surface area contributed by atoms with E-state index in [4.69, 9.17) is 5.73 Å². The Labute approximate surface area is 147 Å². The minimum Gasteiger partial charge on any atom is -0.328 e. The molecule has 2 heterocycles. The first-order chi connectivity index (χ1) is 11.6. The van der Waals surface area contributed by atoms with Crippen molar-refractivity contribution in [1.29, 1.82) is 0 Å². The van der Waals surface area contributed by atoms with E-state index in [1.54, 1.807) is 0 Å². The molecule has 4 aliphatic rings. The number of nitrogens with two attached hydrogens (primary N) is 1. The summed E-state index contributed by atoms with van der Waals surface area (Å²) < 4.78 is 0. The normalized spacial score (nSPS) is 31.2. The highest BCUT2D eigenvalue weighted by Crippen LogP contribution is 2.49. The Morgan fingerprint density at radius 1 is 0.917 bits per heavy atom. The number of likely N-dealkylation sites (tertiary alicyclic amines) is 2. The van der Waals surface area contributed by atoms with E-state index in [0.717, 1.165) is 19.4 Å². The number of nitrogens with one attached hydrogen (secondary N) is 2. The van der Waals surface area contributed by atoms with Crippen LogP contribution in [0.1, 0.15) is 51.4 Å². The smallest absolute Gasteiger partial charge is 0.0490 e. The number of hydrogen-bond donors (Lipinski definition) is 3. The van der Waals surface area contributed by atoms with Gasteiger partial charge in [0, 0.05) is 25.4 Å². The Kier molecular flexibility index (Phi) is 4.91. The molecule has 24 heavy (non-hydrogen) atoms. The summed E-state index contributed by atoms with van der Waals surface area (Å²) in [5.41, 5.74) is 7.30. The zero-order valence-corrected chi connectivity index (χ0v) is 15.5. The van der Waals surface area contributed by atoms with Crippen molar-refractivity contribution in [1.82, 2.24) is 20.4 Å². The maximum absolute atomic E-state index is 5.99. The Balaban J connectivity index is 1.05. The molecule has 0 unspecified atom stereocenters. The maximum Gasteiger partial charge on any atom is 0.0490 e. The minimum absolute atomic E-state index is 0.495. The number of nitrogens with zero attached hydrogens (tertiary/aromatic N) is 2. The lowest BCUT2D eigenvalue weighted by Crippen LogP contribution is -2.56. The Morgan fingerprint density at radius 3 is 2.12 bits per heavy atom. The molecule has 2 saturated heterocycles.